The molecule has 1 aliphatic rings. The molecule has 1 aromatic heterocycles. The summed E-state index contributed by atoms with van der Waals surface area (Å²) in [6.07, 6.45) is 1.72. The fourth-order valence-electron chi connectivity index (χ4n) is 3.12. The largest absolute Gasteiger partial charge is 0.381 e. The number of aromatic nitrogens is 2. The average molecular weight is 330 g/mol. The minimum absolute atomic E-state index is 0.137. The molecular weight excluding hydrogens is 304 g/mol. The molecule has 1 fully saturated rings. The van der Waals surface area contributed by atoms with Crippen molar-refractivity contribution in [1.82, 2.24) is 10.1 Å². The zero-order valence-electron chi connectivity index (χ0n) is 14.7. The Hall–Kier alpha value is -1.72. The van der Waals surface area contributed by atoms with Crippen LogP contribution < -0.4 is 0 Å². The molecule has 0 bridgehead atoms. The molecule has 0 radical (unpaired) electrons. The summed E-state index contributed by atoms with van der Waals surface area (Å²) in [7, 11) is 0. The first-order valence-electron chi connectivity index (χ1n) is 8.75. The van der Waals surface area contributed by atoms with E-state index < -0.39 is 0 Å². The molecule has 1 saturated heterocycles. The van der Waals surface area contributed by atoms with Gasteiger partial charge < -0.3 is 14.0 Å². The van der Waals surface area contributed by atoms with Gasteiger partial charge in [0.15, 0.2) is 0 Å². The van der Waals surface area contributed by atoms with Gasteiger partial charge in [-0.25, -0.2) is 0 Å². The molecule has 0 saturated carbocycles. The van der Waals surface area contributed by atoms with Gasteiger partial charge in [-0.05, 0) is 32.3 Å². The lowest BCUT2D eigenvalue weighted by atomic mass is 9.99. The number of aryl methyl sites for hydroxylation is 1. The molecule has 0 amide bonds. The van der Waals surface area contributed by atoms with Crippen molar-refractivity contribution in [3.05, 3.63) is 47.1 Å². The summed E-state index contributed by atoms with van der Waals surface area (Å²) in [6.45, 7) is 8.31. The minimum atomic E-state index is -0.137. The van der Waals surface area contributed by atoms with Crippen LogP contribution in [-0.2, 0) is 15.9 Å². The Labute approximate surface area is 143 Å². The third-order valence-electron chi connectivity index (χ3n) is 4.54. The molecule has 0 aliphatic carbocycles. The molecule has 0 N–H and O–H groups in total. The predicted molar refractivity (Wildman–Crippen MR) is 90.9 cm³/mol. The number of ether oxygens (including phenoxy) is 2. The van der Waals surface area contributed by atoms with Gasteiger partial charge in [-0.3, -0.25) is 0 Å². The van der Waals surface area contributed by atoms with Crippen molar-refractivity contribution in [3.8, 4) is 0 Å². The maximum atomic E-state index is 5.87. The van der Waals surface area contributed by atoms with Crippen LogP contribution in [0.3, 0.4) is 0 Å². The van der Waals surface area contributed by atoms with Crippen molar-refractivity contribution in [1.29, 1.82) is 0 Å². The van der Waals surface area contributed by atoms with E-state index in [1.54, 1.807) is 0 Å². The van der Waals surface area contributed by atoms with E-state index >= 15 is 0 Å². The van der Waals surface area contributed by atoms with Gasteiger partial charge >= 0.3 is 0 Å². The van der Waals surface area contributed by atoms with Crippen LogP contribution in [0.15, 0.2) is 28.8 Å². The fraction of sp³-hybridized carbons (Fsp3) is 0.579. The van der Waals surface area contributed by atoms with Crippen LogP contribution in [0, 0.1) is 12.8 Å². The van der Waals surface area contributed by atoms with Gasteiger partial charge in [-0.2, -0.15) is 4.98 Å². The first-order chi connectivity index (χ1) is 11.7. The van der Waals surface area contributed by atoms with Crippen LogP contribution in [0.4, 0.5) is 0 Å². The minimum Gasteiger partial charge on any atom is -0.381 e. The number of hydrogen-bond acceptors (Lipinski definition) is 5. The molecule has 3 atom stereocenters. The van der Waals surface area contributed by atoms with Crippen LogP contribution in [0.25, 0.3) is 0 Å². The average Bonchev–Trinajstić information content (AvgIpc) is 3.26. The van der Waals surface area contributed by atoms with E-state index in [9.17, 15) is 0 Å². The highest BCUT2D eigenvalue weighted by molar-refractivity contribution is 5.22. The third-order valence-corrected chi connectivity index (χ3v) is 4.54. The first kappa shape index (κ1) is 17.1. The first-order valence-corrected chi connectivity index (χ1v) is 8.75. The van der Waals surface area contributed by atoms with E-state index in [4.69, 9.17) is 14.0 Å². The van der Waals surface area contributed by atoms with Crippen LogP contribution in [-0.4, -0.2) is 30.0 Å². The van der Waals surface area contributed by atoms with Crippen LogP contribution in [0.5, 0.6) is 0 Å². The zero-order valence-corrected chi connectivity index (χ0v) is 14.7. The molecule has 0 spiro atoms. The van der Waals surface area contributed by atoms with E-state index in [1.165, 1.54) is 11.1 Å². The molecule has 24 heavy (non-hydrogen) atoms. The fourth-order valence-corrected chi connectivity index (χ4v) is 3.12. The number of rotatable bonds is 7. The SMILES string of the molecule is CCOC(c1noc(C(C)Cc2ccc(C)cc2)n1)C1CCOC1. The van der Waals surface area contributed by atoms with Crippen LogP contribution in [0.2, 0.25) is 0 Å². The van der Waals surface area contributed by atoms with Crippen LogP contribution in [0.1, 0.15) is 55.1 Å². The Bertz CT molecular complexity index is 632. The molecule has 2 heterocycles. The summed E-state index contributed by atoms with van der Waals surface area (Å²) >= 11 is 0. The lowest BCUT2D eigenvalue weighted by Gasteiger charge is -2.18. The monoisotopic (exact) mass is 330 g/mol. The normalized spacial score (nSPS) is 20.2. The Kier molecular flexibility index (Phi) is 5.63. The maximum absolute atomic E-state index is 5.87. The highest BCUT2D eigenvalue weighted by atomic mass is 16.5. The molecule has 1 aliphatic heterocycles. The quantitative estimate of drug-likeness (QED) is 0.772. The Morgan fingerprint density at radius 3 is 2.75 bits per heavy atom. The molecule has 5 heteroatoms. The number of nitrogens with zero attached hydrogens (tertiary/aromatic N) is 2. The molecule has 2 aromatic rings. The lowest BCUT2D eigenvalue weighted by molar-refractivity contribution is 0.00719. The van der Waals surface area contributed by atoms with Crippen molar-refractivity contribution in [2.75, 3.05) is 19.8 Å². The summed E-state index contributed by atoms with van der Waals surface area (Å²) in [6, 6.07) is 8.57. The second-order valence-corrected chi connectivity index (χ2v) is 6.58. The molecule has 3 rings (SSSR count). The zero-order chi connectivity index (χ0) is 16.9. The van der Waals surface area contributed by atoms with Gasteiger partial charge in [-0.1, -0.05) is 41.9 Å². The third kappa shape index (κ3) is 4.02. The van der Waals surface area contributed by atoms with Crippen molar-refractivity contribution < 1.29 is 14.0 Å². The summed E-state index contributed by atoms with van der Waals surface area (Å²) in [5.74, 6) is 1.81. The van der Waals surface area contributed by atoms with Gasteiger partial charge in [0, 0.05) is 25.0 Å². The highest BCUT2D eigenvalue weighted by Gasteiger charge is 2.31. The lowest BCUT2D eigenvalue weighted by Crippen LogP contribution is -2.18. The van der Waals surface area contributed by atoms with E-state index in [0.29, 0.717) is 30.8 Å². The number of benzene rings is 1. The van der Waals surface area contributed by atoms with Crippen molar-refractivity contribution in [3.63, 3.8) is 0 Å². The van der Waals surface area contributed by atoms with Gasteiger partial charge in [0.25, 0.3) is 0 Å². The summed E-state index contributed by atoms with van der Waals surface area (Å²) in [5.41, 5.74) is 2.54. The second-order valence-electron chi connectivity index (χ2n) is 6.58. The molecular formula is C19H26N2O3. The van der Waals surface area contributed by atoms with E-state index in [-0.39, 0.29) is 12.0 Å². The van der Waals surface area contributed by atoms with Gasteiger partial charge in [0.2, 0.25) is 11.7 Å². The van der Waals surface area contributed by atoms with E-state index in [0.717, 1.165) is 19.4 Å². The van der Waals surface area contributed by atoms with Crippen molar-refractivity contribution >= 4 is 0 Å². The number of hydrogen-bond donors (Lipinski definition) is 0. The van der Waals surface area contributed by atoms with Gasteiger partial charge in [-0.15, -0.1) is 0 Å². The summed E-state index contributed by atoms with van der Waals surface area (Å²) < 4.78 is 16.9. The van der Waals surface area contributed by atoms with Crippen LogP contribution >= 0.6 is 0 Å². The highest BCUT2D eigenvalue weighted by Crippen LogP contribution is 2.31. The predicted octanol–water partition coefficient (Wildman–Crippen LogP) is 3.84. The van der Waals surface area contributed by atoms with E-state index in [2.05, 4.69) is 48.3 Å². The second kappa shape index (κ2) is 7.90. The molecule has 5 nitrogen and oxygen atoms in total. The maximum Gasteiger partial charge on any atom is 0.229 e. The molecule has 1 aromatic carbocycles. The Balaban J connectivity index is 1.69. The summed E-state index contributed by atoms with van der Waals surface area (Å²) in [5, 5.41) is 4.19. The molecule has 130 valence electrons. The van der Waals surface area contributed by atoms with Crippen molar-refractivity contribution in [2.24, 2.45) is 5.92 Å². The van der Waals surface area contributed by atoms with E-state index in [1.807, 2.05) is 6.92 Å². The van der Waals surface area contributed by atoms with Crippen molar-refractivity contribution in [2.45, 2.75) is 45.6 Å². The Morgan fingerprint density at radius 2 is 2.08 bits per heavy atom. The van der Waals surface area contributed by atoms with Gasteiger partial charge in [0.1, 0.15) is 6.10 Å². The Morgan fingerprint density at radius 1 is 1.29 bits per heavy atom. The molecule has 3 unspecified atom stereocenters. The summed E-state index contributed by atoms with van der Waals surface area (Å²) in [4.78, 5) is 4.63. The standard InChI is InChI=1S/C19H26N2O3/c1-4-23-17(16-9-10-22-12-16)18-20-19(24-21-18)14(3)11-15-7-5-13(2)6-8-15/h5-8,14,16-17H,4,9-12H2,1-3H3. The topological polar surface area (TPSA) is 57.4 Å². The van der Waals surface area contributed by atoms with Gasteiger partial charge in [0.05, 0.1) is 6.61 Å². The smallest absolute Gasteiger partial charge is 0.229 e.